The van der Waals surface area contributed by atoms with Crippen molar-refractivity contribution in [2.75, 3.05) is 6.61 Å². The average molecular weight is 392 g/mol. The molecular formula is C23H25NO3Si. The van der Waals surface area contributed by atoms with Gasteiger partial charge in [0.1, 0.15) is 8.07 Å². The maximum absolute atomic E-state index is 12.8. The Morgan fingerprint density at radius 1 is 1.04 bits per heavy atom. The Labute approximate surface area is 167 Å². The molecule has 1 fully saturated rings. The zero-order valence-corrected chi connectivity index (χ0v) is 17.5. The normalized spacial score (nSPS) is 18.7. The van der Waals surface area contributed by atoms with Gasteiger partial charge in [0, 0.05) is 6.54 Å². The summed E-state index contributed by atoms with van der Waals surface area (Å²) < 4.78 is 5.32. The van der Waals surface area contributed by atoms with Gasteiger partial charge >= 0.3 is 5.97 Å². The quantitative estimate of drug-likeness (QED) is 0.256. The fourth-order valence-electron chi connectivity index (χ4n) is 3.26. The molecule has 1 aliphatic heterocycles. The van der Waals surface area contributed by atoms with E-state index in [2.05, 4.69) is 31.1 Å². The van der Waals surface area contributed by atoms with Gasteiger partial charge in [-0.2, -0.15) is 0 Å². The van der Waals surface area contributed by atoms with E-state index in [-0.39, 0.29) is 18.6 Å². The molecule has 0 aromatic heterocycles. The lowest BCUT2D eigenvalue weighted by molar-refractivity contribution is -0.174. The molecule has 144 valence electrons. The highest BCUT2D eigenvalue weighted by atomic mass is 28.3. The van der Waals surface area contributed by atoms with Crippen LogP contribution in [-0.2, 0) is 20.9 Å². The number of carbonyl (C=O) groups excluding carboxylic acids is 2. The zero-order chi connectivity index (χ0) is 20.1. The van der Waals surface area contributed by atoms with Gasteiger partial charge in [-0.15, -0.1) is 5.54 Å². The minimum Gasteiger partial charge on any atom is -0.452 e. The van der Waals surface area contributed by atoms with Gasteiger partial charge in [-0.1, -0.05) is 86.2 Å². The molecule has 2 atom stereocenters. The molecule has 3 rings (SSSR count). The third-order valence-electron chi connectivity index (χ3n) is 4.54. The molecule has 0 bridgehead atoms. The molecule has 28 heavy (non-hydrogen) atoms. The van der Waals surface area contributed by atoms with Gasteiger partial charge in [-0.05, 0) is 11.1 Å². The number of rotatable bonds is 5. The summed E-state index contributed by atoms with van der Waals surface area (Å²) in [5.41, 5.74) is 5.13. The Hall–Kier alpha value is -2.84. The van der Waals surface area contributed by atoms with Crippen molar-refractivity contribution < 1.29 is 14.3 Å². The van der Waals surface area contributed by atoms with Crippen molar-refractivity contribution in [2.45, 2.75) is 32.2 Å². The number of nitrogens with zero attached hydrogens (tertiary/aromatic N) is 1. The summed E-state index contributed by atoms with van der Waals surface area (Å²) in [6, 6.07) is 19.1. The van der Waals surface area contributed by atoms with E-state index in [0.717, 1.165) is 11.1 Å². The molecule has 0 N–H and O–H groups in total. The summed E-state index contributed by atoms with van der Waals surface area (Å²) in [5, 5.41) is 0. The van der Waals surface area contributed by atoms with Crippen molar-refractivity contribution in [1.82, 2.24) is 4.90 Å². The van der Waals surface area contributed by atoms with Crippen LogP contribution < -0.4 is 0 Å². The van der Waals surface area contributed by atoms with Gasteiger partial charge in [0.05, 0.1) is 6.04 Å². The van der Waals surface area contributed by atoms with Gasteiger partial charge < -0.3 is 9.64 Å². The largest absolute Gasteiger partial charge is 0.452 e. The minimum atomic E-state index is -1.51. The second-order valence-corrected chi connectivity index (χ2v) is 12.7. The number of carbonyl (C=O) groups is 2. The summed E-state index contributed by atoms with van der Waals surface area (Å²) in [4.78, 5) is 27.1. The highest BCUT2D eigenvalue weighted by Crippen LogP contribution is 2.41. The SMILES string of the molecule is C[Si](C)(C)C#CCOC(=O)C1C(=O)N(Cc2ccccc2)C1c1ccccc1. The van der Waals surface area contributed by atoms with Crippen molar-refractivity contribution in [3.8, 4) is 11.5 Å². The topological polar surface area (TPSA) is 46.6 Å². The van der Waals surface area contributed by atoms with Gasteiger partial charge in [0.2, 0.25) is 5.91 Å². The predicted octanol–water partition coefficient (Wildman–Crippen LogP) is 3.81. The fourth-order valence-corrected chi connectivity index (χ4v) is 3.86. The number of hydrogen-bond donors (Lipinski definition) is 0. The van der Waals surface area contributed by atoms with Crippen LogP contribution in [0.5, 0.6) is 0 Å². The summed E-state index contributed by atoms with van der Waals surface area (Å²) in [6.07, 6.45) is 0. The average Bonchev–Trinajstić information content (AvgIpc) is 2.68. The molecule has 2 unspecified atom stereocenters. The lowest BCUT2D eigenvalue weighted by Gasteiger charge is -2.46. The van der Waals surface area contributed by atoms with E-state index >= 15 is 0 Å². The standard InChI is InChI=1S/C23H25NO3Si/c1-28(2,3)16-10-15-27-23(26)20-21(19-13-8-5-9-14-19)24(22(20)25)17-18-11-6-4-7-12-18/h4-9,11-14,20-21H,15,17H2,1-3H3. The van der Waals surface area contributed by atoms with Crippen LogP contribution in [0.3, 0.4) is 0 Å². The van der Waals surface area contributed by atoms with E-state index < -0.39 is 20.0 Å². The number of hydrogen-bond acceptors (Lipinski definition) is 3. The monoisotopic (exact) mass is 391 g/mol. The Bertz CT molecular complexity index is 894. The maximum Gasteiger partial charge on any atom is 0.321 e. The van der Waals surface area contributed by atoms with Crippen LogP contribution in [0.4, 0.5) is 0 Å². The van der Waals surface area contributed by atoms with Crippen molar-refractivity contribution in [1.29, 1.82) is 0 Å². The van der Waals surface area contributed by atoms with E-state index in [4.69, 9.17) is 4.74 Å². The number of likely N-dealkylation sites (tertiary alicyclic amines) is 1. The summed E-state index contributed by atoms with van der Waals surface area (Å²) in [5.74, 6) is 1.43. The predicted molar refractivity (Wildman–Crippen MR) is 112 cm³/mol. The van der Waals surface area contributed by atoms with Crippen LogP contribution in [0.2, 0.25) is 19.6 Å². The number of β-lactam (4-membered cyclic amide) rings is 1. The van der Waals surface area contributed by atoms with E-state index in [9.17, 15) is 9.59 Å². The fraction of sp³-hybridized carbons (Fsp3) is 0.304. The Morgan fingerprint density at radius 2 is 1.64 bits per heavy atom. The van der Waals surface area contributed by atoms with Gasteiger partial charge in [0.15, 0.2) is 12.5 Å². The molecule has 2 aromatic carbocycles. The Kier molecular flexibility index (Phi) is 6.01. The zero-order valence-electron chi connectivity index (χ0n) is 16.5. The van der Waals surface area contributed by atoms with Gasteiger partial charge in [0.25, 0.3) is 0 Å². The van der Waals surface area contributed by atoms with Crippen molar-refractivity contribution in [2.24, 2.45) is 5.92 Å². The number of esters is 1. The lowest BCUT2D eigenvalue weighted by Crippen LogP contribution is -2.57. The van der Waals surface area contributed by atoms with Crippen LogP contribution in [0.25, 0.3) is 0 Å². The molecule has 2 aromatic rings. The molecule has 0 spiro atoms. The van der Waals surface area contributed by atoms with E-state index in [1.165, 1.54) is 0 Å². The molecule has 5 heteroatoms. The first-order chi connectivity index (χ1) is 13.4. The molecule has 0 radical (unpaired) electrons. The first-order valence-electron chi connectivity index (χ1n) is 9.43. The van der Waals surface area contributed by atoms with Crippen LogP contribution in [0, 0.1) is 17.4 Å². The van der Waals surface area contributed by atoms with Gasteiger partial charge in [-0.25, -0.2) is 0 Å². The molecule has 1 heterocycles. The van der Waals surface area contributed by atoms with Crippen LogP contribution >= 0.6 is 0 Å². The smallest absolute Gasteiger partial charge is 0.321 e. The third-order valence-corrected chi connectivity index (χ3v) is 5.47. The van der Waals surface area contributed by atoms with E-state index in [1.807, 2.05) is 60.7 Å². The van der Waals surface area contributed by atoms with Crippen LogP contribution in [0.15, 0.2) is 60.7 Å². The first kappa shape index (κ1) is 19.9. The van der Waals surface area contributed by atoms with E-state index in [1.54, 1.807) is 4.90 Å². The number of ether oxygens (including phenoxy) is 1. The highest BCUT2D eigenvalue weighted by molar-refractivity contribution is 6.83. The Balaban J connectivity index is 1.75. The molecule has 0 aliphatic carbocycles. The van der Waals surface area contributed by atoms with Crippen molar-refractivity contribution in [3.05, 3.63) is 71.8 Å². The molecule has 1 aliphatic rings. The summed E-state index contributed by atoms with van der Waals surface area (Å²) >= 11 is 0. The lowest BCUT2D eigenvalue weighted by atomic mass is 9.82. The molecule has 1 saturated heterocycles. The first-order valence-corrected chi connectivity index (χ1v) is 12.9. The van der Waals surface area contributed by atoms with E-state index in [0.29, 0.717) is 6.54 Å². The van der Waals surface area contributed by atoms with Crippen LogP contribution in [-0.4, -0.2) is 31.5 Å². The molecule has 1 amide bonds. The third kappa shape index (κ3) is 4.70. The van der Waals surface area contributed by atoms with Crippen LogP contribution in [0.1, 0.15) is 17.2 Å². The molecule has 0 saturated carbocycles. The second kappa shape index (κ2) is 8.45. The summed E-state index contributed by atoms with van der Waals surface area (Å²) in [7, 11) is -1.51. The summed E-state index contributed by atoms with van der Waals surface area (Å²) in [6.45, 7) is 6.89. The molecular weight excluding hydrogens is 366 g/mol. The molecule has 4 nitrogen and oxygen atoms in total. The van der Waals surface area contributed by atoms with Crippen molar-refractivity contribution >= 4 is 20.0 Å². The Morgan fingerprint density at radius 3 is 2.25 bits per heavy atom. The van der Waals surface area contributed by atoms with Gasteiger partial charge in [-0.3, -0.25) is 9.59 Å². The number of amides is 1. The highest BCUT2D eigenvalue weighted by Gasteiger charge is 2.53. The minimum absolute atomic E-state index is 0.0348. The van der Waals surface area contributed by atoms with Crippen molar-refractivity contribution in [3.63, 3.8) is 0 Å². The maximum atomic E-state index is 12.8. The second-order valence-electron chi connectivity index (χ2n) is 7.94. The number of benzene rings is 2.